The number of hydrogen-bond acceptors (Lipinski definition) is 5. The van der Waals surface area contributed by atoms with Crippen LogP contribution in [0.15, 0.2) is 36.4 Å². The SMILES string of the molecule is COc1cc(C#N)ccc1Nc1nc2ccc(N)cc2[nH]1. The predicted octanol–water partition coefficient (Wildman–Crippen LogP) is 2.77. The van der Waals surface area contributed by atoms with E-state index in [9.17, 15) is 0 Å². The largest absolute Gasteiger partial charge is 0.495 e. The van der Waals surface area contributed by atoms with Gasteiger partial charge in [0.15, 0.2) is 0 Å². The number of aromatic nitrogens is 2. The van der Waals surface area contributed by atoms with Crippen molar-refractivity contribution in [3.05, 3.63) is 42.0 Å². The number of nitrogen functional groups attached to an aromatic ring is 1. The molecule has 3 rings (SSSR count). The second-order valence-corrected chi connectivity index (χ2v) is 4.51. The van der Waals surface area contributed by atoms with E-state index in [0.29, 0.717) is 22.9 Å². The molecular weight excluding hydrogens is 266 g/mol. The maximum Gasteiger partial charge on any atom is 0.205 e. The molecule has 3 aromatic rings. The lowest BCUT2D eigenvalue weighted by Crippen LogP contribution is -1.96. The maximum absolute atomic E-state index is 8.90. The number of anilines is 3. The van der Waals surface area contributed by atoms with E-state index in [-0.39, 0.29) is 0 Å². The number of methoxy groups -OCH3 is 1. The quantitative estimate of drug-likeness (QED) is 0.640. The van der Waals surface area contributed by atoms with Gasteiger partial charge >= 0.3 is 0 Å². The van der Waals surface area contributed by atoms with E-state index in [0.717, 1.165) is 16.7 Å². The molecule has 21 heavy (non-hydrogen) atoms. The Balaban J connectivity index is 1.96. The molecule has 6 nitrogen and oxygen atoms in total. The highest BCUT2D eigenvalue weighted by Gasteiger charge is 2.08. The molecule has 0 aliphatic heterocycles. The maximum atomic E-state index is 8.90. The number of nitrogens with two attached hydrogens (primary N) is 1. The van der Waals surface area contributed by atoms with Crippen molar-refractivity contribution in [1.82, 2.24) is 9.97 Å². The molecule has 0 atom stereocenters. The van der Waals surface area contributed by atoms with E-state index in [2.05, 4.69) is 21.4 Å². The van der Waals surface area contributed by atoms with Crippen LogP contribution in [0.2, 0.25) is 0 Å². The van der Waals surface area contributed by atoms with Crippen LogP contribution in [0.25, 0.3) is 11.0 Å². The Labute approximate surface area is 121 Å². The molecule has 0 bridgehead atoms. The second kappa shape index (κ2) is 5.06. The lowest BCUT2D eigenvalue weighted by atomic mass is 10.2. The highest BCUT2D eigenvalue weighted by molar-refractivity contribution is 5.81. The predicted molar refractivity (Wildman–Crippen MR) is 81.5 cm³/mol. The van der Waals surface area contributed by atoms with Gasteiger partial charge in [0.1, 0.15) is 5.75 Å². The van der Waals surface area contributed by atoms with Gasteiger partial charge in [-0.2, -0.15) is 5.26 Å². The molecule has 0 saturated carbocycles. The topological polar surface area (TPSA) is 99.8 Å². The van der Waals surface area contributed by atoms with Crippen LogP contribution in [0.4, 0.5) is 17.3 Å². The summed E-state index contributed by atoms with van der Waals surface area (Å²) in [5.74, 6) is 1.16. The number of H-pyrrole nitrogens is 1. The number of ether oxygens (including phenoxy) is 1. The van der Waals surface area contributed by atoms with E-state index in [1.54, 1.807) is 31.4 Å². The molecule has 6 heteroatoms. The lowest BCUT2D eigenvalue weighted by molar-refractivity contribution is 0.416. The van der Waals surface area contributed by atoms with Crippen LogP contribution >= 0.6 is 0 Å². The molecule has 1 aromatic heterocycles. The third kappa shape index (κ3) is 2.44. The van der Waals surface area contributed by atoms with Crippen molar-refractivity contribution in [3.8, 4) is 11.8 Å². The molecule has 0 radical (unpaired) electrons. The van der Waals surface area contributed by atoms with E-state index in [4.69, 9.17) is 15.7 Å². The average molecular weight is 279 g/mol. The number of imidazole rings is 1. The van der Waals surface area contributed by atoms with Gasteiger partial charge < -0.3 is 20.8 Å². The Morgan fingerprint density at radius 3 is 2.90 bits per heavy atom. The zero-order valence-corrected chi connectivity index (χ0v) is 11.3. The lowest BCUT2D eigenvalue weighted by Gasteiger charge is -2.09. The summed E-state index contributed by atoms with van der Waals surface area (Å²) >= 11 is 0. The Morgan fingerprint density at radius 2 is 2.14 bits per heavy atom. The van der Waals surface area contributed by atoms with Gasteiger partial charge in [0, 0.05) is 11.8 Å². The summed E-state index contributed by atoms with van der Waals surface area (Å²) in [6.07, 6.45) is 0. The first-order valence-corrected chi connectivity index (χ1v) is 6.30. The van der Waals surface area contributed by atoms with Crippen molar-refractivity contribution in [2.24, 2.45) is 0 Å². The molecule has 0 fully saturated rings. The van der Waals surface area contributed by atoms with Crippen LogP contribution in [-0.4, -0.2) is 17.1 Å². The highest BCUT2D eigenvalue weighted by Crippen LogP contribution is 2.28. The Hall–Kier alpha value is -3.20. The smallest absolute Gasteiger partial charge is 0.205 e. The number of hydrogen-bond donors (Lipinski definition) is 3. The molecule has 0 unspecified atom stereocenters. The molecule has 104 valence electrons. The molecule has 0 aliphatic rings. The number of nitrogens with one attached hydrogen (secondary N) is 2. The van der Waals surface area contributed by atoms with Crippen molar-refractivity contribution in [3.63, 3.8) is 0 Å². The van der Waals surface area contributed by atoms with Crippen molar-refractivity contribution in [2.75, 3.05) is 18.2 Å². The minimum Gasteiger partial charge on any atom is -0.495 e. The van der Waals surface area contributed by atoms with Gasteiger partial charge in [-0.15, -0.1) is 0 Å². The van der Waals surface area contributed by atoms with Gasteiger partial charge in [-0.3, -0.25) is 0 Å². The molecule has 0 amide bonds. The second-order valence-electron chi connectivity index (χ2n) is 4.51. The zero-order chi connectivity index (χ0) is 14.8. The molecular formula is C15H13N5O. The normalized spacial score (nSPS) is 10.3. The summed E-state index contributed by atoms with van der Waals surface area (Å²) in [7, 11) is 1.56. The van der Waals surface area contributed by atoms with Gasteiger partial charge in [0.2, 0.25) is 5.95 Å². The van der Waals surface area contributed by atoms with Crippen LogP contribution in [0, 0.1) is 11.3 Å². The number of nitrogens with zero attached hydrogens (tertiary/aromatic N) is 2. The third-order valence-electron chi connectivity index (χ3n) is 3.09. The van der Waals surface area contributed by atoms with Gasteiger partial charge in [0.25, 0.3) is 0 Å². The van der Waals surface area contributed by atoms with Gasteiger partial charge in [0.05, 0.1) is 35.5 Å². The highest BCUT2D eigenvalue weighted by atomic mass is 16.5. The first-order chi connectivity index (χ1) is 10.2. The molecule has 0 aliphatic carbocycles. The van der Waals surface area contributed by atoms with E-state index in [1.807, 2.05) is 12.1 Å². The summed E-state index contributed by atoms with van der Waals surface area (Å²) in [5.41, 5.74) is 9.35. The Bertz CT molecular complexity index is 847. The number of rotatable bonds is 3. The summed E-state index contributed by atoms with van der Waals surface area (Å²) in [6.45, 7) is 0. The van der Waals surface area contributed by atoms with Crippen LogP contribution in [0.5, 0.6) is 5.75 Å². The fourth-order valence-electron chi connectivity index (χ4n) is 2.08. The van der Waals surface area contributed by atoms with Crippen molar-refractivity contribution in [2.45, 2.75) is 0 Å². The van der Waals surface area contributed by atoms with Gasteiger partial charge in [-0.1, -0.05) is 0 Å². The number of aromatic amines is 1. The summed E-state index contributed by atoms with van der Waals surface area (Å²) in [5, 5.41) is 12.0. The van der Waals surface area contributed by atoms with Crippen molar-refractivity contribution in [1.29, 1.82) is 5.26 Å². The summed E-state index contributed by atoms with van der Waals surface area (Å²) in [6, 6.07) is 12.7. The van der Waals surface area contributed by atoms with E-state index in [1.165, 1.54) is 0 Å². The Morgan fingerprint density at radius 1 is 1.29 bits per heavy atom. The molecule has 0 saturated heterocycles. The third-order valence-corrected chi connectivity index (χ3v) is 3.09. The minimum atomic E-state index is 0.537. The fourth-order valence-corrected chi connectivity index (χ4v) is 2.08. The standard InChI is InChI=1S/C15H13N5O/c1-21-14-6-9(8-16)2-4-12(14)19-15-18-11-5-3-10(17)7-13(11)20-15/h2-7H,17H2,1H3,(H2,18,19,20). The van der Waals surface area contributed by atoms with Crippen LogP contribution in [0.3, 0.4) is 0 Å². The fraction of sp³-hybridized carbons (Fsp3) is 0.0667. The summed E-state index contributed by atoms with van der Waals surface area (Å²) < 4.78 is 5.28. The molecule has 2 aromatic carbocycles. The van der Waals surface area contributed by atoms with Crippen molar-refractivity contribution < 1.29 is 4.74 Å². The number of benzene rings is 2. The van der Waals surface area contributed by atoms with E-state index < -0.39 is 0 Å². The Kier molecular flexibility index (Phi) is 3.09. The minimum absolute atomic E-state index is 0.537. The first kappa shape index (κ1) is 12.8. The monoisotopic (exact) mass is 279 g/mol. The van der Waals surface area contributed by atoms with Crippen LogP contribution in [0.1, 0.15) is 5.56 Å². The number of nitriles is 1. The zero-order valence-electron chi connectivity index (χ0n) is 11.3. The number of fused-ring (bicyclic) bond motifs is 1. The molecule has 1 heterocycles. The first-order valence-electron chi connectivity index (χ1n) is 6.30. The van der Waals surface area contributed by atoms with Crippen molar-refractivity contribution >= 4 is 28.4 Å². The summed E-state index contributed by atoms with van der Waals surface area (Å²) in [4.78, 5) is 7.57. The molecule has 0 spiro atoms. The van der Waals surface area contributed by atoms with Gasteiger partial charge in [-0.25, -0.2) is 4.98 Å². The van der Waals surface area contributed by atoms with Crippen LogP contribution < -0.4 is 15.8 Å². The molecule has 4 N–H and O–H groups in total. The van der Waals surface area contributed by atoms with Crippen LogP contribution in [-0.2, 0) is 0 Å². The van der Waals surface area contributed by atoms with E-state index >= 15 is 0 Å². The van der Waals surface area contributed by atoms with Gasteiger partial charge in [-0.05, 0) is 30.3 Å². The average Bonchev–Trinajstić information content (AvgIpc) is 2.89.